The molecule has 150 valence electrons. The van der Waals surface area contributed by atoms with Crippen LogP contribution in [-0.2, 0) is 0 Å². The van der Waals surface area contributed by atoms with Crippen LogP contribution in [-0.4, -0.2) is 52.3 Å². The van der Waals surface area contributed by atoms with Crippen molar-refractivity contribution < 1.29 is 5.11 Å². The zero-order valence-corrected chi connectivity index (χ0v) is 16.9. The molecule has 0 amide bonds. The van der Waals surface area contributed by atoms with Gasteiger partial charge in [0.05, 0.1) is 12.3 Å². The van der Waals surface area contributed by atoms with Gasteiger partial charge in [0, 0.05) is 60.3 Å². The molecule has 3 aromatic rings. The SMILES string of the molecule is OCCNC1CCN(c2cc(-c3ccc(Cl)cc3)nc(-c3cccnc3)n2)CC1. The summed E-state index contributed by atoms with van der Waals surface area (Å²) in [6.07, 6.45) is 5.57. The highest BCUT2D eigenvalue weighted by atomic mass is 35.5. The van der Waals surface area contributed by atoms with Crippen molar-refractivity contribution in [1.29, 1.82) is 0 Å². The molecule has 2 N–H and O–H groups in total. The van der Waals surface area contributed by atoms with E-state index in [9.17, 15) is 0 Å². The fourth-order valence-electron chi connectivity index (χ4n) is 3.57. The number of nitrogens with zero attached hydrogens (tertiary/aromatic N) is 4. The summed E-state index contributed by atoms with van der Waals surface area (Å²) < 4.78 is 0. The van der Waals surface area contributed by atoms with Gasteiger partial charge >= 0.3 is 0 Å². The Bertz CT molecular complexity index is 928. The molecule has 1 aliphatic rings. The van der Waals surface area contributed by atoms with Crippen molar-refractivity contribution in [3.05, 3.63) is 59.9 Å². The number of piperidine rings is 1. The van der Waals surface area contributed by atoms with Crippen LogP contribution < -0.4 is 10.2 Å². The van der Waals surface area contributed by atoms with Gasteiger partial charge < -0.3 is 15.3 Å². The predicted octanol–water partition coefficient (Wildman–Crippen LogP) is 3.41. The van der Waals surface area contributed by atoms with Crippen LogP contribution in [0, 0.1) is 0 Å². The van der Waals surface area contributed by atoms with Crippen LogP contribution in [0.5, 0.6) is 0 Å². The molecular weight excluding hydrogens is 386 g/mol. The van der Waals surface area contributed by atoms with E-state index in [1.165, 1.54) is 0 Å². The molecule has 0 atom stereocenters. The zero-order valence-electron chi connectivity index (χ0n) is 16.1. The number of hydrogen-bond donors (Lipinski definition) is 2. The first-order valence-electron chi connectivity index (χ1n) is 9.87. The Morgan fingerprint density at radius 2 is 1.86 bits per heavy atom. The smallest absolute Gasteiger partial charge is 0.163 e. The number of anilines is 1. The fraction of sp³-hybridized carbons (Fsp3) is 0.318. The highest BCUT2D eigenvalue weighted by Crippen LogP contribution is 2.28. The Morgan fingerprint density at radius 3 is 2.55 bits per heavy atom. The standard InChI is InChI=1S/C22H24ClN5O/c23-18-5-3-16(4-6-18)20-14-21(27-22(26-20)17-2-1-9-24-15-17)28-11-7-19(8-12-28)25-10-13-29/h1-6,9,14-15,19,25,29H,7-8,10-13H2. The van der Waals surface area contributed by atoms with Gasteiger partial charge in [0.2, 0.25) is 0 Å². The average Bonchev–Trinajstić information content (AvgIpc) is 2.79. The van der Waals surface area contributed by atoms with Crippen LogP contribution in [0.2, 0.25) is 5.02 Å². The van der Waals surface area contributed by atoms with E-state index in [0.717, 1.165) is 48.6 Å². The molecule has 0 radical (unpaired) electrons. The molecule has 1 saturated heterocycles. The molecule has 0 unspecified atom stereocenters. The minimum absolute atomic E-state index is 0.172. The Hall–Kier alpha value is -2.54. The molecule has 7 heteroatoms. The van der Waals surface area contributed by atoms with E-state index >= 15 is 0 Å². The number of aliphatic hydroxyl groups excluding tert-OH is 1. The maximum Gasteiger partial charge on any atom is 0.163 e. The maximum atomic E-state index is 9.02. The van der Waals surface area contributed by atoms with Crippen LogP contribution >= 0.6 is 11.6 Å². The van der Waals surface area contributed by atoms with E-state index < -0.39 is 0 Å². The van der Waals surface area contributed by atoms with Crippen LogP contribution in [0.1, 0.15) is 12.8 Å². The molecule has 0 saturated carbocycles. The molecule has 29 heavy (non-hydrogen) atoms. The van der Waals surface area contributed by atoms with Gasteiger partial charge in [0.15, 0.2) is 5.82 Å². The summed E-state index contributed by atoms with van der Waals surface area (Å²) in [7, 11) is 0. The van der Waals surface area contributed by atoms with Gasteiger partial charge in [-0.25, -0.2) is 9.97 Å². The first-order valence-corrected chi connectivity index (χ1v) is 10.3. The third-order valence-electron chi connectivity index (χ3n) is 5.14. The van der Waals surface area contributed by atoms with Crippen molar-refractivity contribution in [2.45, 2.75) is 18.9 Å². The Kier molecular flexibility index (Phi) is 6.34. The minimum Gasteiger partial charge on any atom is -0.395 e. The third kappa shape index (κ3) is 4.90. The molecule has 4 rings (SSSR count). The Balaban J connectivity index is 1.64. The van der Waals surface area contributed by atoms with Crippen molar-refractivity contribution in [2.24, 2.45) is 0 Å². The van der Waals surface area contributed by atoms with E-state index in [1.807, 2.05) is 42.5 Å². The lowest BCUT2D eigenvalue weighted by molar-refractivity contribution is 0.277. The van der Waals surface area contributed by atoms with Gasteiger partial charge in [-0.2, -0.15) is 0 Å². The summed E-state index contributed by atoms with van der Waals surface area (Å²) in [5.74, 6) is 1.59. The lowest BCUT2D eigenvalue weighted by Gasteiger charge is -2.33. The first-order chi connectivity index (χ1) is 14.2. The fourth-order valence-corrected chi connectivity index (χ4v) is 3.70. The minimum atomic E-state index is 0.172. The number of aliphatic hydroxyl groups is 1. The van der Waals surface area contributed by atoms with Crippen molar-refractivity contribution in [3.8, 4) is 22.6 Å². The van der Waals surface area contributed by atoms with Gasteiger partial charge in [-0.3, -0.25) is 4.98 Å². The molecule has 2 aromatic heterocycles. The number of halogens is 1. The molecular formula is C22H24ClN5O. The largest absolute Gasteiger partial charge is 0.395 e. The summed E-state index contributed by atoms with van der Waals surface area (Å²) >= 11 is 6.06. The van der Waals surface area contributed by atoms with Crippen molar-refractivity contribution in [1.82, 2.24) is 20.3 Å². The second kappa shape index (κ2) is 9.31. The normalized spacial score (nSPS) is 14.9. The summed E-state index contributed by atoms with van der Waals surface area (Å²) in [5.41, 5.74) is 2.76. The second-order valence-corrected chi connectivity index (χ2v) is 7.56. The number of aromatic nitrogens is 3. The van der Waals surface area contributed by atoms with Gasteiger partial charge in [-0.05, 0) is 37.1 Å². The van der Waals surface area contributed by atoms with Crippen molar-refractivity contribution in [2.75, 3.05) is 31.1 Å². The Morgan fingerprint density at radius 1 is 1.07 bits per heavy atom. The lowest BCUT2D eigenvalue weighted by Crippen LogP contribution is -2.43. The van der Waals surface area contributed by atoms with Crippen LogP contribution in [0.15, 0.2) is 54.9 Å². The van der Waals surface area contributed by atoms with E-state index in [-0.39, 0.29) is 6.61 Å². The molecule has 1 aromatic carbocycles. The number of benzene rings is 1. The topological polar surface area (TPSA) is 74.2 Å². The van der Waals surface area contributed by atoms with E-state index in [0.29, 0.717) is 23.4 Å². The molecule has 0 spiro atoms. The molecule has 6 nitrogen and oxygen atoms in total. The quantitative estimate of drug-likeness (QED) is 0.650. The molecule has 1 aliphatic heterocycles. The van der Waals surface area contributed by atoms with Gasteiger partial charge in [0.1, 0.15) is 5.82 Å². The average molecular weight is 410 g/mol. The van der Waals surface area contributed by atoms with Crippen molar-refractivity contribution in [3.63, 3.8) is 0 Å². The molecule has 3 heterocycles. The van der Waals surface area contributed by atoms with E-state index in [4.69, 9.17) is 26.7 Å². The summed E-state index contributed by atoms with van der Waals surface area (Å²) in [6, 6.07) is 14.1. The first kappa shape index (κ1) is 19.8. The summed E-state index contributed by atoms with van der Waals surface area (Å²) in [4.78, 5) is 16.2. The number of rotatable bonds is 6. The third-order valence-corrected chi connectivity index (χ3v) is 5.39. The summed E-state index contributed by atoms with van der Waals surface area (Å²) in [6.45, 7) is 2.63. The highest BCUT2D eigenvalue weighted by Gasteiger charge is 2.21. The Labute approximate surface area is 175 Å². The number of hydrogen-bond acceptors (Lipinski definition) is 6. The van der Waals surface area contributed by atoms with Gasteiger partial charge in [-0.15, -0.1) is 0 Å². The molecule has 0 bridgehead atoms. The monoisotopic (exact) mass is 409 g/mol. The van der Waals surface area contributed by atoms with Crippen LogP contribution in [0.3, 0.4) is 0 Å². The maximum absolute atomic E-state index is 9.02. The van der Waals surface area contributed by atoms with Crippen molar-refractivity contribution >= 4 is 17.4 Å². The second-order valence-electron chi connectivity index (χ2n) is 7.12. The van der Waals surface area contributed by atoms with E-state index in [2.05, 4.69) is 15.2 Å². The zero-order chi connectivity index (χ0) is 20.1. The number of pyridine rings is 1. The predicted molar refractivity (Wildman–Crippen MR) is 116 cm³/mol. The highest BCUT2D eigenvalue weighted by molar-refractivity contribution is 6.30. The van der Waals surface area contributed by atoms with Gasteiger partial charge in [-0.1, -0.05) is 23.7 Å². The molecule has 0 aliphatic carbocycles. The molecule has 1 fully saturated rings. The lowest BCUT2D eigenvalue weighted by atomic mass is 10.0. The summed E-state index contributed by atoms with van der Waals surface area (Å²) in [5, 5.41) is 13.1. The van der Waals surface area contributed by atoms with Crippen LogP contribution in [0.25, 0.3) is 22.6 Å². The van der Waals surface area contributed by atoms with Gasteiger partial charge in [0.25, 0.3) is 0 Å². The number of nitrogens with one attached hydrogen (secondary N) is 1. The van der Waals surface area contributed by atoms with Crippen LogP contribution in [0.4, 0.5) is 5.82 Å². The van der Waals surface area contributed by atoms with E-state index in [1.54, 1.807) is 12.4 Å².